The molecule has 6 nitrogen and oxygen atoms in total. The van der Waals surface area contributed by atoms with E-state index < -0.39 is 0 Å². The lowest BCUT2D eigenvalue weighted by molar-refractivity contribution is -0.130. The molecule has 0 unspecified atom stereocenters. The van der Waals surface area contributed by atoms with Gasteiger partial charge < -0.3 is 19.7 Å². The van der Waals surface area contributed by atoms with Crippen molar-refractivity contribution in [3.63, 3.8) is 0 Å². The summed E-state index contributed by atoms with van der Waals surface area (Å²) in [5.74, 6) is 0.256. The first-order valence-electron chi connectivity index (χ1n) is 7.82. The molecular weight excluding hydrogens is 320 g/mol. The molecule has 2 rings (SSSR count). The molecule has 132 valence electrons. The van der Waals surface area contributed by atoms with Crippen LogP contribution in [0.15, 0.2) is 48.5 Å². The van der Waals surface area contributed by atoms with Gasteiger partial charge in [-0.15, -0.1) is 0 Å². The predicted molar refractivity (Wildman–Crippen MR) is 95.7 cm³/mol. The monoisotopic (exact) mass is 342 g/mol. The number of nitrogens with zero attached hydrogens (tertiary/aromatic N) is 1. The third-order valence-corrected chi connectivity index (χ3v) is 3.50. The Morgan fingerprint density at radius 3 is 2.20 bits per heavy atom. The topological polar surface area (TPSA) is 67.9 Å². The van der Waals surface area contributed by atoms with Crippen molar-refractivity contribution in [2.75, 3.05) is 33.1 Å². The summed E-state index contributed by atoms with van der Waals surface area (Å²) < 4.78 is 10.4. The maximum absolute atomic E-state index is 12.2. The number of hydrogen-bond donors (Lipinski definition) is 1. The van der Waals surface area contributed by atoms with Crippen LogP contribution in [0.5, 0.6) is 5.75 Å². The lowest BCUT2D eigenvalue weighted by Gasteiger charge is -2.12. The molecular formula is C19H22N2O4. The third-order valence-electron chi connectivity index (χ3n) is 3.50. The van der Waals surface area contributed by atoms with Gasteiger partial charge in [0.25, 0.3) is 11.8 Å². The fourth-order valence-corrected chi connectivity index (χ4v) is 2.03. The zero-order valence-corrected chi connectivity index (χ0v) is 14.6. The maximum atomic E-state index is 12.2. The van der Waals surface area contributed by atoms with Gasteiger partial charge in [-0.25, -0.2) is 0 Å². The van der Waals surface area contributed by atoms with Crippen molar-refractivity contribution in [3.8, 4) is 5.75 Å². The molecule has 0 aromatic heterocycles. The number of benzene rings is 2. The van der Waals surface area contributed by atoms with Crippen molar-refractivity contribution in [2.45, 2.75) is 6.61 Å². The number of anilines is 1. The van der Waals surface area contributed by atoms with Crippen molar-refractivity contribution < 1.29 is 19.1 Å². The van der Waals surface area contributed by atoms with Crippen molar-refractivity contribution in [1.29, 1.82) is 0 Å². The molecule has 0 aliphatic heterocycles. The molecule has 2 aromatic rings. The molecule has 25 heavy (non-hydrogen) atoms. The summed E-state index contributed by atoms with van der Waals surface area (Å²) >= 11 is 0. The molecule has 0 saturated heterocycles. The molecule has 1 N–H and O–H groups in total. The molecule has 0 aliphatic carbocycles. The van der Waals surface area contributed by atoms with Crippen LogP contribution in [0.4, 0.5) is 5.69 Å². The minimum absolute atomic E-state index is 0.0213. The standard InChI is InChI=1S/C19H22N2O4/c1-21(2)18(22)13-25-17-10-8-16(9-11-17)20-19(23)15-6-4-14(5-7-15)12-24-3/h4-11H,12-13H2,1-3H3,(H,20,23). The first kappa shape index (κ1) is 18.5. The van der Waals surface area contributed by atoms with Gasteiger partial charge >= 0.3 is 0 Å². The van der Waals surface area contributed by atoms with Crippen LogP contribution >= 0.6 is 0 Å². The number of rotatable bonds is 7. The van der Waals surface area contributed by atoms with E-state index in [1.165, 1.54) is 4.90 Å². The van der Waals surface area contributed by atoms with Gasteiger partial charge in [0.2, 0.25) is 0 Å². The van der Waals surface area contributed by atoms with Crippen molar-refractivity contribution >= 4 is 17.5 Å². The summed E-state index contributed by atoms with van der Waals surface area (Å²) in [5, 5.41) is 2.82. The van der Waals surface area contributed by atoms with E-state index in [-0.39, 0.29) is 18.4 Å². The summed E-state index contributed by atoms with van der Waals surface area (Å²) in [6.07, 6.45) is 0. The van der Waals surface area contributed by atoms with E-state index in [2.05, 4.69) is 5.32 Å². The second-order valence-corrected chi connectivity index (χ2v) is 5.69. The number of nitrogens with one attached hydrogen (secondary N) is 1. The van der Waals surface area contributed by atoms with Gasteiger partial charge in [0, 0.05) is 32.5 Å². The summed E-state index contributed by atoms with van der Waals surface area (Å²) in [6.45, 7) is 0.492. The lowest BCUT2D eigenvalue weighted by Crippen LogP contribution is -2.27. The molecule has 2 amide bonds. The number of ether oxygens (including phenoxy) is 2. The van der Waals surface area contributed by atoms with Crippen molar-refractivity contribution in [1.82, 2.24) is 4.90 Å². The molecule has 0 radical (unpaired) electrons. The van der Waals surface area contributed by atoms with E-state index >= 15 is 0 Å². The summed E-state index contributed by atoms with van der Waals surface area (Å²) in [6, 6.07) is 14.1. The van der Waals surface area contributed by atoms with Crippen LogP contribution < -0.4 is 10.1 Å². The van der Waals surface area contributed by atoms with Gasteiger partial charge in [0.05, 0.1) is 6.61 Å². The number of hydrogen-bond acceptors (Lipinski definition) is 4. The molecule has 0 saturated carbocycles. The van der Waals surface area contributed by atoms with Gasteiger partial charge in [-0.05, 0) is 42.0 Å². The van der Waals surface area contributed by atoms with E-state index in [9.17, 15) is 9.59 Å². The van der Waals surface area contributed by atoms with Crippen LogP contribution in [0.1, 0.15) is 15.9 Å². The normalized spacial score (nSPS) is 10.2. The Kier molecular flexibility index (Phi) is 6.54. The Morgan fingerprint density at radius 2 is 1.64 bits per heavy atom. The average molecular weight is 342 g/mol. The highest BCUT2D eigenvalue weighted by Crippen LogP contribution is 2.17. The van der Waals surface area contributed by atoms with E-state index in [1.54, 1.807) is 57.6 Å². The maximum Gasteiger partial charge on any atom is 0.259 e. The Balaban J connectivity index is 1.91. The van der Waals surface area contributed by atoms with Crippen molar-refractivity contribution in [2.24, 2.45) is 0 Å². The highest BCUT2D eigenvalue weighted by molar-refractivity contribution is 6.04. The Bertz CT molecular complexity index is 709. The first-order valence-corrected chi connectivity index (χ1v) is 7.82. The Morgan fingerprint density at radius 1 is 1.00 bits per heavy atom. The van der Waals surface area contributed by atoms with Crippen LogP contribution in [0.2, 0.25) is 0 Å². The van der Waals surface area contributed by atoms with Crippen molar-refractivity contribution in [3.05, 3.63) is 59.7 Å². The van der Waals surface area contributed by atoms with E-state index in [1.807, 2.05) is 12.1 Å². The molecule has 0 bridgehead atoms. The van der Waals surface area contributed by atoms with Gasteiger partial charge in [-0.1, -0.05) is 12.1 Å². The lowest BCUT2D eigenvalue weighted by atomic mass is 10.1. The predicted octanol–water partition coefficient (Wildman–Crippen LogP) is 2.55. The molecule has 0 aliphatic rings. The molecule has 0 fully saturated rings. The van der Waals surface area contributed by atoms with Crippen LogP contribution in [-0.4, -0.2) is 44.5 Å². The highest BCUT2D eigenvalue weighted by Gasteiger charge is 2.07. The van der Waals surface area contributed by atoms with E-state index in [4.69, 9.17) is 9.47 Å². The smallest absolute Gasteiger partial charge is 0.259 e. The minimum Gasteiger partial charge on any atom is -0.484 e. The number of methoxy groups -OCH3 is 1. The third kappa shape index (κ3) is 5.61. The quantitative estimate of drug-likeness (QED) is 0.840. The van der Waals surface area contributed by atoms with Gasteiger partial charge in [-0.3, -0.25) is 9.59 Å². The fraction of sp³-hybridized carbons (Fsp3) is 0.263. The largest absolute Gasteiger partial charge is 0.484 e. The van der Waals surface area contributed by atoms with Gasteiger partial charge in [0.1, 0.15) is 5.75 Å². The number of carbonyl (C=O) groups is 2. The number of likely N-dealkylation sites (N-methyl/N-ethyl adjacent to an activating group) is 1. The second kappa shape index (κ2) is 8.84. The van der Waals surface area contributed by atoms with Crippen LogP contribution in [0.25, 0.3) is 0 Å². The fourth-order valence-electron chi connectivity index (χ4n) is 2.03. The molecule has 6 heteroatoms. The number of carbonyl (C=O) groups excluding carboxylic acids is 2. The summed E-state index contributed by atoms with van der Waals surface area (Å²) in [7, 11) is 4.97. The van der Waals surface area contributed by atoms with E-state index in [0.29, 0.717) is 23.6 Å². The molecule has 0 atom stereocenters. The summed E-state index contributed by atoms with van der Waals surface area (Å²) in [4.78, 5) is 25.2. The Labute approximate surface area is 147 Å². The van der Waals surface area contributed by atoms with E-state index in [0.717, 1.165) is 5.56 Å². The first-order chi connectivity index (χ1) is 12.0. The van der Waals surface area contributed by atoms with Crippen LogP contribution in [0, 0.1) is 0 Å². The highest BCUT2D eigenvalue weighted by atomic mass is 16.5. The van der Waals surface area contributed by atoms with Gasteiger partial charge in [0.15, 0.2) is 6.61 Å². The molecule has 0 spiro atoms. The van der Waals surface area contributed by atoms with Crippen LogP contribution in [-0.2, 0) is 16.1 Å². The SMILES string of the molecule is COCc1ccc(C(=O)Nc2ccc(OCC(=O)N(C)C)cc2)cc1. The zero-order chi connectivity index (χ0) is 18.2. The average Bonchev–Trinajstić information content (AvgIpc) is 2.61. The molecule has 2 aromatic carbocycles. The minimum atomic E-state index is -0.194. The Hall–Kier alpha value is -2.86. The second-order valence-electron chi connectivity index (χ2n) is 5.69. The molecule has 0 heterocycles. The summed E-state index contributed by atoms with van der Waals surface area (Å²) in [5.41, 5.74) is 2.22. The number of amides is 2. The zero-order valence-electron chi connectivity index (χ0n) is 14.6. The van der Waals surface area contributed by atoms with Gasteiger partial charge in [-0.2, -0.15) is 0 Å². The van der Waals surface area contributed by atoms with Crippen LogP contribution in [0.3, 0.4) is 0 Å².